The summed E-state index contributed by atoms with van der Waals surface area (Å²) in [5, 5.41) is 3.38. The van der Waals surface area contributed by atoms with Crippen molar-refractivity contribution in [3.63, 3.8) is 0 Å². The van der Waals surface area contributed by atoms with E-state index in [1.165, 1.54) is 0 Å². The first-order valence-corrected chi connectivity index (χ1v) is 4.80. The van der Waals surface area contributed by atoms with Crippen molar-refractivity contribution in [1.29, 1.82) is 0 Å². The van der Waals surface area contributed by atoms with Gasteiger partial charge in [0, 0.05) is 18.5 Å². The molecule has 4 nitrogen and oxygen atoms in total. The van der Waals surface area contributed by atoms with Gasteiger partial charge in [0.1, 0.15) is 0 Å². The third kappa shape index (κ3) is 2.67. The Bertz CT molecular complexity index is 191. The summed E-state index contributed by atoms with van der Waals surface area (Å²) in [5.74, 6) is -0.212. The minimum atomic E-state index is -0.212. The lowest BCUT2D eigenvalue weighted by Gasteiger charge is -2.28. The summed E-state index contributed by atoms with van der Waals surface area (Å²) in [5.41, 5.74) is 5.18. The molecule has 0 saturated carbocycles. The van der Waals surface area contributed by atoms with Crippen LogP contribution in [0.2, 0.25) is 0 Å². The van der Waals surface area contributed by atoms with E-state index in [1.807, 2.05) is 0 Å². The highest BCUT2D eigenvalue weighted by Gasteiger charge is 2.36. The Morgan fingerprint density at radius 1 is 1.69 bits per heavy atom. The largest absolute Gasteiger partial charge is 0.370 e. The van der Waals surface area contributed by atoms with Crippen molar-refractivity contribution >= 4 is 5.91 Å². The van der Waals surface area contributed by atoms with Gasteiger partial charge < -0.3 is 16.0 Å². The molecule has 1 amide bonds. The number of nitrogens with zero attached hydrogens (tertiary/aromatic N) is 1. The Labute approximate surface area is 79.5 Å². The number of amides is 1. The molecule has 1 unspecified atom stereocenters. The zero-order valence-electron chi connectivity index (χ0n) is 8.47. The van der Waals surface area contributed by atoms with Crippen molar-refractivity contribution in [2.45, 2.75) is 25.3 Å². The highest BCUT2D eigenvalue weighted by molar-refractivity contribution is 5.75. The molecule has 0 aliphatic carbocycles. The first kappa shape index (κ1) is 10.5. The number of carbonyl (C=O) groups excluding carboxylic acids is 1. The van der Waals surface area contributed by atoms with E-state index in [-0.39, 0.29) is 11.4 Å². The molecule has 0 aromatic carbocycles. The van der Waals surface area contributed by atoms with Crippen LogP contribution in [0.15, 0.2) is 0 Å². The molecule has 1 rings (SSSR count). The van der Waals surface area contributed by atoms with E-state index < -0.39 is 0 Å². The number of likely N-dealkylation sites (tertiary alicyclic amines) is 1. The Balaban J connectivity index is 2.59. The summed E-state index contributed by atoms with van der Waals surface area (Å²) in [6, 6.07) is 0. The quantitative estimate of drug-likeness (QED) is 0.623. The minimum absolute atomic E-state index is 0.0602. The maximum absolute atomic E-state index is 10.9. The second-order valence-corrected chi connectivity index (χ2v) is 3.94. The maximum atomic E-state index is 10.9. The molecule has 1 fully saturated rings. The molecule has 0 radical (unpaired) electrons. The monoisotopic (exact) mass is 185 g/mol. The maximum Gasteiger partial charge on any atom is 0.219 e. The smallest absolute Gasteiger partial charge is 0.219 e. The van der Waals surface area contributed by atoms with E-state index in [2.05, 4.69) is 24.2 Å². The van der Waals surface area contributed by atoms with Gasteiger partial charge in [-0.15, -0.1) is 0 Å². The number of hydrogen-bond donors (Lipinski definition) is 2. The van der Waals surface area contributed by atoms with Crippen molar-refractivity contribution in [1.82, 2.24) is 10.2 Å². The highest BCUT2D eigenvalue weighted by atomic mass is 16.1. The van der Waals surface area contributed by atoms with Crippen LogP contribution in [-0.2, 0) is 4.79 Å². The number of nitrogens with two attached hydrogens (primary N) is 1. The van der Waals surface area contributed by atoms with E-state index in [1.54, 1.807) is 0 Å². The summed E-state index contributed by atoms with van der Waals surface area (Å²) in [6.45, 7) is 4.91. The molecule has 0 aromatic heterocycles. The third-order valence-corrected chi connectivity index (χ3v) is 2.61. The summed E-state index contributed by atoms with van der Waals surface area (Å²) in [7, 11) is 2.07. The van der Waals surface area contributed by atoms with Crippen LogP contribution in [0.3, 0.4) is 0 Å². The number of likely N-dealkylation sites (N-methyl/N-ethyl adjacent to an activating group) is 2. The van der Waals surface area contributed by atoms with Gasteiger partial charge in [0.15, 0.2) is 0 Å². The Kier molecular flexibility index (Phi) is 3.27. The zero-order chi connectivity index (χ0) is 9.90. The molecular formula is C9H19N3O. The molecule has 0 bridgehead atoms. The first-order valence-electron chi connectivity index (χ1n) is 4.80. The molecule has 1 saturated heterocycles. The van der Waals surface area contributed by atoms with Crippen LogP contribution in [0.1, 0.15) is 19.8 Å². The van der Waals surface area contributed by atoms with E-state index in [0.717, 1.165) is 26.1 Å². The predicted octanol–water partition coefficient (Wildman–Crippen LogP) is -0.454. The molecule has 4 heteroatoms. The Morgan fingerprint density at radius 2 is 2.38 bits per heavy atom. The Morgan fingerprint density at radius 3 is 2.77 bits per heavy atom. The lowest BCUT2D eigenvalue weighted by Crippen LogP contribution is -2.49. The standard InChI is InChI=1S/C9H19N3O/c1-3-11-9(6-8(10)13)4-5-12(2)7-9/h11H,3-7H2,1-2H3,(H2,10,13). The van der Waals surface area contributed by atoms with Gasteiger partial charge in [-0.3, -0.25) is 4.79 Å². The molecular weight excluding hydrogens is 166 g/mol. The average molecular weight is 185 g/mol. The van der Waals surface area contributed by atoms with Crippen LogP contribution < -0.4 is 11.1 Å². The van der Waals surface area contributed by atoms with E-state index in [9.17, 15) is 4.79 Å². The molecule has 76 valence electrons. The lowest BCUT2D eigenvalue weighted by atomic mass is 9.94. The van der Waals surface area contributed by atoms with E-state index in [0.29, 0.717) is 6.42 Å². The fourth-order valence-corrected chi connectivity index (χ4v) is 2.14. The average Bonchev–Trinajstić information content (AvgIpc) is 2.31. The fraction of sp³-hybridized carbons (Fsp3) is 0.889. The summed E-state index contributed by atoms with van der Waals surface area (Å²) in [6.07, 6.45) is 1.46. The number of primary amides is 1. The lowest BCUT2D eigenvalue weighted by molar-refractivity contribution is -0.119. The van der Waals surface area contributed by atoms with Gasteiger partial charge in [-0.25, -0.2) is 0 Å². The SMILES string of the molecule is CCNC1(CC(N)=O)CCN(C)C1. The zero-order valence-corrected chi connectivity index (χ0v) is 8.47. The van der Waals surface area contributed by atoms with Crippen molar-refractivity contribution in [3.05, 3.63) is 0 Å². The summed E-state index contributed by atoms with van der Waals surface area (Å²) >= 11 is 0. The van der Waals surface area contributed by atoms with Gasteiger partial charge in [-0.1, -0.05) is 6.92 Å². The number of carbonyl (C=O) groups is 1. The van der Waals surface area contributed by atoms with Crippen molar-refractivity contribution in [3.8, 4) is 0 Å². The summed E-state index contributed by atoms with van der Waals surface area (Å²) in [4.78, 5) is 13.1. The topological polar surface area (TPSA) is 58.4 Å². The molecule has 1 heterocycles. The second kappa shape index (κ2) is 4.07. The van der Waals surface area contributed by atoms with Crippen LogP contribution in [0.25, 0.3) is 0 Å². The third-order valence-electron chi connectivity index (χ3n) is 2.61. The van der Waals surface area contributed by atoms with Gasteiger partial charge in [-0.2, -0.15) is 0 Å². The van der Waals surface area contributed by atoms with Crippen molar-refractivity contribution in [2.24, 2.45) is 5.73 Å². The van der Waals surface area contributed by atoms with E-state index >= 15 is 0 Å². The van der Waals surface area contributed by atoms with Crippen LogP contribution in [0.4, 0.5) is 0 Å². The van der Waals surface area contributed by atoms with Crippen molar-refractivity contribution in [2.75, 3.05) is 26.7 Å². The molecule has 0 aromatic rings. The van der Waals surface area contributed by atoms with Crippen LogP contribution in [0.5, 0.6) is 0 Å². The van der Waals surface area contributed by atoms with Crippen LogP contribution >= 0.6 is 0 Å². The van der Waals surface area contributed by atoms with Gasteiger partial charge in [0.25, 0.3) is 0 Å². The van der Waals surface area contributed by atoms with Crippen molar-refractivity contribution < 1.29 is 4.79 Å². The van der Waals surface area contributed by atoms with E-state index in [4.69, 9.17) is 5.73 Å². The number of nitrogens with one attached hydrogen (secondary N) is 1. The predicted molar refractivity (Wildman–Crippen MR) is 52.3 cm³/mol. The molecule has 1 aliphatic heterocycles. The second-order valence-electron chi connectivity index (χ2n) is 3.94. The number of rotatable bonds is 4. The van der Waals surface area contributed by atoms with Gasteiger partial charge >= 0.3 is 0 Å². The molecule has 1 atom stereocenters. The van der Waals surface area contributed by atoms with Crippen LogP contribution in [-0.4, -0.2) is 43.0 Å². The normalized spacial score (nSPS) is 29.4. The summed E-state index contributed by atoms with van der Waals surface area (Å²) < 4.78 is 0. The van der Waals surface area contributed by atoms with Gasteiger partial charge in [0.05, 0.1) is 0 Å². The molecule has 3 N–H and O–H groups in total. The highest BCUT2D eigenvalue weighted by Crippen LogP contribution is 2.23. The minimum Gasteiger partial charge on any atom is -0.370 e. The fourth-order valence-electron chi connectivity index (χ4n) is 2.14. The Hall–Kier alpha value is -0.610. The molecule has 1 aliphatic rings. The molecule has 13 heavy (non-hydrogen) atoms. The first-order chi connectivity index (χ1) is 6.08. The van der Waals surface area contributed by atoms with Gasteiger partial charge in [-0.05, 0) is 26.6 Å². The number of hydrogen-bond acceptors (Lipinski definition) is 3. The van der Waals surface area contributed by atoms with Gasteiger partial charge in [0.2, 0.25) is 5.91 Å². The molecule has 0 spiro atoms. The van der Waals surface area contributed by atoms with Crippen LogP contribution in [0, 0.1) is 0 Å².